The molecular formula is C13H19BrN2O2S. The Morgan fingerprint density at radius 3 is 2.74 bits per heavy atom. The number of rotatable bonds is 2. The molecule has 0 aromatic heterocycles. The molecule has 1 aromatic rings. The highest BCUT2D eigenvalue weighted by atomic mass is 79.9. The lowest BCUT2D eigenvalue weighted by molar-refractivity contribution is 0.233. The SMILES string of the molecule is Cc1ccc(Br)cc1S(=O)(=O)N1CCNC(C)C1C. The lowest BCUT2D eigenvalue weighted by Crippen LogP contribution is -2.57. The molecule has 0 saturated carbocycles. The summed E-state index contributed by atoms with van der Waals surface area (Å²) in [6.45, 7) is 7.00. The largest absolute Gasteiger partial charge is 0.311 e. The third kappa shape index (κ3) is 2.86. The molecule has 0 aliphatic carbocycles. The normalized spacial score (nSPS) is 25.5. The summed E-state index contributed by atoms with van der Waals surface area (Å²) in [4.78, 5) is 0.392. The molecule has 19 heavy (non-hydrogen) atoms. The van der Waals surface area contributed by atoms with E-state index in [9.17, 15) is 8.42 Å². The third-order valence-corrected chi connectivity index (χ3v) is 6.33. The first-order valence-electron chi connectivity index (χ1n) is 6.35. The monoisotopic (exact) mass is 346 g/mol. The van der Waals surface area contributed by atoms with Crippen LogP contribution in [0.15, 0.2) is 27.6 Å². The van der Waals surface area contributed by atoms with Crippen molar-refractivity contribution in [2.24, 2.45) is 0 Å². The van der Waals surface area contributed by atoms with Crippen molar-refractivity contribution in [1.29, 1.82) is 0 Å². The van der Waals surface area contributed by atoms with E-state index in [1.165, 1.54) is 0 Å². The Hall–Kier alpha value is -0.430. The fourth-order valence-electron chi connectivity index (χ4n) is 2.34. The summed E-state index contributed by atoms with van der Waals surface area (Å²) in [5.41, 5.74) is 0.779. The molecule has 0 bridgehead atoms. The molecule has 2 rings (SSSR count). The molecule has 106 valence electrons. The Labute approximate surface area is 123 Å². The van der Waals surface area contributed by atoms with E-state index in [-0.39, 0.29) is 12.1 Å². The predicted molar refractivity (Wildman–Crippen MR) is 79.7 cm³/mol. The van der Waals surface area contributed by atoms with Crippen molar-refractivity contribution >= 4 is 26.0 Å². The highest BCUT2D eigenvalue weighted by Gasteiger charge is 2.35. The summed E-state index contributed by atoms with van der Waals surface area (Å²) in [6, 6.07) is 5.49. The number of nitrogens with one attached hydrogen (secondary N) is 1. The number of halogens is 1. The van der Waals surface area contributed by atoms with Crippen LogP contribution in [0.4, 0.5) is 0 Å². The zero-order chi connectivity index (χ0) is 14.2. The lowest BCUT2D eigenvalue weighted by atomic mass is 10.1. The zero-order valence-electron chi connectivity index (χ0n) is 11.4. The van der Waals surface area contributed by atoms with Gasteiger partial charge in [-0.2, -0.15) is 4.31 Å². The van der Waals surface area contributed by atoms with E-state index in [1.54, 1.807) is 10.4 Å². The van der Waals surface area contributed by atoms with Crippen LogP contribution in [0.2, 0.25) is 0 Å². The molecule has 1 fully saturated rings. The molecule has 6 heteroatoms. The van der Waals surface area contributed by atoms with E-state index in [4.69, 9.17) is 0 Å². The van der Waals surface area contributed by atoms with Gasteiger partial charge in [-0.3, -0.25) is 0 Å². The fourth-order valence-corrected chi connectivity index (χ4v) is 4.81. The molecule has 2 unspecified atom stereocenters. The molecule has 4 nitrogen and oxygen atoms in total. The van der Waals surface area contributed by atoms with E-state index < -0.39 is 10.0 Å². The van der Waals surface area contributed by atoms with Crippen LogP contribution < -0.4 is 5.32 Å². The zero-order valence-corrected chi connectivity index (χ0v) is 13.8. The van der Waals surface area contributed by atoms with Gasteiger partial charge >= 0.3 is 0 Å². The first-order chi connectivity index (χ1) is 8.84. The van der Waals surface area contributed by atoms with Gasteiger partial charge in [-0.05, 0) is 38.5 Å². The maximum Gasteiger partial charge on any atom is 0.243 e. The van der Waals surface area contributed by atoms with E-state index in [0.717, 1.165) is 10.0 Å². The van der Waals surface area contributed by atoms with Gasteiger partial charge in [-0.15, -0.1) is 0 Å². The summed E-state index contributed by atoms with van der Waals surface area (Å²) in [5, 5.41) is 3.30. The van der Waals surface area contributed by atoms with Crippen LogP contribution in [0.5, 0.6) is 0 Å². The van der Waals surface area contributed by atoms with Crippen molar-refractivity contribution < 1.29 is 8.42 Å². The Kier molecular flexibility index (Phi) is 4.35. The van der Waals surface area contributed by atoms with Crippen molar-refractivity contribution in [3.8, 4) is 0 Å². The van der Waals surface area contributed by atoms with Gasteiger partial charge in [0.05, 0.1) is 4.90 Å². The maximum absolute atomic E-state index is 12.8. The quantitative estimate of drug-likeness (QED) is 0.892. The second kappa shape index (κ2) is 5.52. The Balaban J connectivity index is 2.44. The van der Waals surface area contributed by atoms with Crippen molar-refractivity contribution in [3.05, 3.63) is 28.2 Å². The number of sulfonamides is 1. The number of nitrogens with zero attached hydrogens (tertiary/aromatic N) is 1. The first kappa shape index (κ1) is 15.0. The predicted octanol–water partition coefficient (Wildman–Crippen LogP) is 2.13. The van der Waals surface area contributed by atoms with Crippen molar-refractivity contribution in [3.63, 3.8) is 0 Å². The van der Waals surface area contributed by atoms with Crippen LogP contribution in [0.3, 0.4) is 0 Å². The van der Waals surface area contributed by atoms with E-state index >= 15 is 0 Å². The van der Waals surface area contributed by atoms with Crippen LogP contribution in [0.1, 0.15) is 19.4 Å². The van der Waals surface area contributed by atoms with Crippen LogP contribution in [-0.4, -0.2) is 37.9 Å². The second-order valence-corrected chi connectivity index (χ2v) is 7.78. The van der Waals surface area contributed by atoms with E-state index in [0.29, 0.717) is 18.0 Å². The van der Waals surface area contributed by atoms with Gasteiger partial charge in [0.25, 0.3) is 0 Å². The Morgan fingerprint density at radius 1 is 1.37 bits per heavy atom. The minimum absolute atomic E-state index is 0.0443. The van der Waals surface area contributed by atoms with Gasteiger partial charge in [0.1, 0.15) is 0 Å². The van der Waals surface area contributed by atoms with Gasteiger partial charge in [-0.1, -0.05) is 22.0 Å². The molecule has 0 spiro atoms. The number of hydrogen-bond acceptors (Lipinski definition) is 3. The van der Waals surface area contributed by atoms with Crippen LogP contribution in [0, 0.1) is 6.92 Å². The van der Waals surface area contributed by atoms with Crippen molar-refractivity contribution in [2.75, 3.05) is 13.1 Å². The second-order valence-electron chi connectivity index (χ2n) is 5.01. The third-order valence-electron chi connectivity index (χ3n) is 3.71. The molecule has 1 aromatic carbocycles. The standard InChI is InChI=1S/C13H19BrN2O2S/c1-9-4-5-12(14)8-13(9)19(17,18)16-7-6-15-10(2)11(16)3/h4-5,8,10-11,15H,6-7H2,1-3H3. The summed E-state index contributed by atoms with van der Waals surface area (Å²) in [6.07, 6.45) is 0. The molecule has 1 N–H and O–H groups in total. The van der Waals surface area contributed by atoms with Crippen LogP contribution in [-0.2, 0) is 10.0 Å². The van der Waals surface area contributed by atoms with E-state index in [1.807, 2.05) is 32.9 Å². The fraction of sp³-hybridized carbons (Fsp3) is 0.538. The number of hydrogen-bond donors (Lipinski definition) is 1. The van der Waals surface area contributed by atoms with Crippen molar-refractivity contribution in [1.82, 2.24) is 9.62 Å². The topological polar surface area (TPSA) is 49.4 Å². The van der Waals surface area contributed by atoms with Crippen LogP contribution >= 0.6 is 15.9 Å². The number of aryl methyl sites for hydroxylation is 1. The van der Waals surface area contributed by atoms with E-state index in [2.05, 4.69) is 21.2 Å². The Bertz CT molecular complexity index is 574. The molecular weight excluding hydrogens is 328 g/mol. The molecule has 1 aliphatic heterocycles. The minimum Gasteiger partial charge on any atom is -0.311 e. The van der Waals surface area contributed by atoms with Gasteiger partial charge in [-0.25, -0.2) is 8.42 Å². The van der Waals surface area contributed by atoms with Crippen molar-refractivity contribution in [2.45, 2.75) is 37.8 Å². The van der Waals surface area contributed by atoms with Gasteiger partial charge in [0, 0.05) is 29.6 Å². The lowest BCUT2D eigenvalue weighted by Gasteiger charge is -2.37. The highest BCUT2D eigenvalue weighted by molar-refractivity contribution is 9.10. The average molecular weight is 347 g/mol. The maximum atomic E-state index is 12.8. The minimum atomic E-state index is -3.43. The number of benzene rings is 1. The van der Waals surface area contributed by atoms with Gasteiger partial charge < -0.3 is 5.32 Å². The molecule has 2 atom stereocenters. The summed E-state index contributed by atoms with van der Waals surface area (Å²) in [7, 11) is -3.43. The first-order valence-corrected chi connectivity index (χ1v) is 8.58. The molecule has 1 heterocycles. The highest BCUT2D eigenvalue weighted by Crippen LogP contribution is 2.26. The molecule has 0 radical (unpaired) electrons. The van der Waals surface area contributed by atoms with Crippen LogP contribution in [0.25, 0.3) is 0 Å². The molecule has 0 amide bonds. The molecule has 1 aliphatic rings. The summed E-state index contributed by atoms with van der Waals surface area (Å²) >= 11 is 3.34. The summed E-state index contributed by atoms with van der Waals surface area (Å²) in [5.74, 6) is 0. The average Bonchev–Trinajstić information content (AvgIpc) is 2.35. The Morgan fingerprint density at radius 2 is 2.05 bits per heavy atom. The number of piperazine rings is 1. The van der Waals surface area contributed by atoms with Gasteiger partial charge in [0.2, 0.25) is 10.0 Å². The van der Waals surface area contributed by atoms with Gasteiger partial charge in [0.15, 0.2) is 0 Å². The summed E-state index contributed by atoms with van der Waals surface area (Å²) < 4.78 is 28.0. The molecule has 1 saturated heterocycles. The smallest absolute Gasteiger partial charge is 0.243 e.